The first-order valence-electron chi connectivity index (χ1n) is 6.87. The number of carboxylic acid groups (broad SMARTS) is 1. The predicted octanol–water partition coefficient (Wildman–Crippen LogP) is -1.88. The molecule has 9 heteroatoms. The fraction of sp³-hybridized carbons (Fsp3) is 0.750. The molecule has 0 spiro atoms. The van der Waals surface area contributed by atoms with E-state index in [-0.39, 0.29) is 12.4 Å². The lowest BCUT2D eigenvalue weighted by molar-refractivity contribution is -0.150. The van der Waals surface area contributed by atoms with E-state index in [9.17, 15) is 9.59 Å². The zero-order valence-corrected chi connectivity index (χ0v) is 11.8. The molecule has 0 aliphatic carbocycles. The molecule has 0 aromatic carbocycles. The summed E-state index contributed by atoms with van der Waals surface area (Å²) in [5.74, 6) is -1.41. The lowest BCUT2D eigenvalue weighted by Gasteiger charge is -2.15. The van der Waals surface area contributed by atoms with Crippen molar-refractivity contribution in [1.29, 1.82) is 0 Å². The Kier molecular flexibility index (Phi) is 6.89. The summed E-state index contributed by atoms with van der Waals surface area (Å²) in [5, 5.41) is 11.6. The number of nitrogens with one attached hydrogen (secondary N) is 1. The fourth-order valence-electron chi connectivity index (χ4n) is 2.03. The van der Waals surface area contributed by atoms with E-state index in [4.69, 9.17) is 27.0 Å². The molecule has 120 valence electrons. The number of aliphatic carboxylic acids is 1. The van der Waals surface area contributed by atoms with Gasteiger partial charge in [0.2, 0.25) is 0 Å². The highest BCUT2D eigenvalue weighted by Crippen LogP contribution is 2.12. The number of unbranched alkanes of at least 4 members (excludes halogenated alkanes) is 1. The van der Waals surface area contributed by atoms with Crippen LogP contribution >= 0.6 is 0 Å². The van der Waals surface area contributed by atoms with Crippen molar-refractivity contribution in [2.75, 3.05) is 13.1 Å². The van der Waals surface area contributed by atoms with Crippen LogP contribution in [0.1, 0.15) is 25.7 Å². The van der Waals surface area contributed by atoms with Crippen molar-refractivity contribution in [3.8, 4) is 0 Å². The molecular formula is C12H23N5O4. The van der Waals surface area contributed by atoms with Gasteiger partial charge in [0.1, 0.15) is 18.2 Å². The standard InChI is InChI=1S/C12H23N5O4/c13-8(3-1-2-4-16-12(14)15)11(20)21-7-5-9(10(18)19)17-6-7/h7-9,17H,1-6,13H2,(H,18,19)(H4,14,15,16)/t7?,8-,9-/m0/s1. The molecular weight excluding hydrogens is 278 g/mol. The molecule has 0 aromatic rings. The number of aliphatic imine (C=N–C) groups is 1. The molecule has 1 aliphatic rings. The lowest BCUT2D eigenvalue weighted by Crippen LogP contribution is -2.35. The van der Waals surface area contributed by atoms with Gasteiger partial charge in [0.05, 0.1) is 0 Å². The van der Waals surface area contributed by atoms with Crippen LogP contribution in [-0.2, 0) is 14.3 Å². The van der Waals surface area contributed by atoms with Crippen LogP contribution in [0.15, 0.2) is 4.99 Å². The van der Waals surface area contributed by atoms with E-state index in [0.717, 1.165) is 6.42 Å². The third-order valence-corrected chi connectivity index (χ3v) is 3.19. The normalized spacial score (nSPS) is 22.5. The number of carboxylic acids is 1. The first kappa shape index (κ1) is 17.2. The molecule has 21 heavy (non-hydrogen) atoms. The summed E-state index contributed by atoms with van der Waals surface area (Å²) in [6.45, 7) is 0.830. The van der Waals surface area contributed by atoms with Gasteiger partial charge in [0.15, 0.2) is 5.96 Å². The van der Waals surface area contributed by atoms with E-state index in [1.165, 1.54) is 0 Å². The minimum absolute atomic E-state index is 0.0421. The molecule has 1 saturated heterocycles. The lowest BCUT2D eigenvalue weighted by atomic mass is 10.1. The number of carbonyl (C=O) groups excluding carboxylic acids is 1. The van der Waals surface area contributed by atoms with Crippen LogP contribution < -0.4 is 22.5 Å². The Labute approximate surface area is 122 Å². The summed E-state index contributed by atoms with van der Waals surface area (Å²) in [5.41, 5.74) is 16.1. The quantitative estimate of drug-likeness (QED) is 0.150. The topological polar surface area (TPSA) is 166 Å². The van der Waals surface area contributed by atoms with Crippen LogP contribution in [-0.4, -0.2) is 54.3 Å². The molecule has 3 atom stereocenters. The van der Waals surface area contributed by atoms with Gasteiger partial charge in [-0.25, -0.2) is 0 Å². The second-order valence-corrected chi connectivity index (χ2v) is 5.00. The zero-order valence-electron chi connectivity index (χ0n) is 11.8. The Morgan fingerprint density at radius 2 is 2.10 bits per heavy atom. The van der Waals surface area contributed by atoms with Gasteiger partial charge in [0, 0.05) is 19.5 Å². The average Bonchev–Trinajstić information content (AvgIpc) is 2.86. The molecule has 0 saturated carbocycles. The summed E-state index contributed by atoms with van der Waals surface area (Å²) < 4.78 is 5.19. The van der Waals surface area contributed by atoms with Crippen LogP contribution in [0.5, 0.6) is 0 Å². The highest BCUT2D eigenvalue weighted by atomic mass is 16.5. The van der Waals surface area contributed by atoms with Gasteiger partial charge in [-0.3, -0.25) is 14.6 Å². The average molecular weight is 301 g/mol. The van der Waals surface area contributed by atoms with Crippen molar-refractivity contribution < 1.29 is 19.4 Å². The van der Waals surface area contributed by atoms with Crippen LogP contribution in [0, 0.1) is 0 Å². The molecule has 0 amide bonds. The van der Waals surface area contributed by atoms with Crippen molar-refractivity contribution in [3.05, 3.63) is 0 Å². The summed E-state index contributed by atoms with van der Waals surface area (Å²) in [6.07, 6.45) is 1.73. The van der Waals surface area contributed by atoms with Crippen molar-refractivity contribution in [2.45, 2.75) is 43.9 Å². The first-order valence-corrected chi connectivity index (χ1v) is 6.87. The third-order valence-electron chi connectivity index (χ3n) is 3.19. The van der Waals surface area contributed by atoms with Gasteiger partial charge in [0.25, 0.3) is 0 Å². The Morgan fingerprint density at radius 1 is 1.38 bits per heavy atom. The number of guanidine groups is 1. The Bertz CT molecular complexity index is 397. The Balaban J connectivity index is 2.20. The number of carbonyl (C=O) groups is 2. The maximum atomic E-state index is 11.8. The monoisotopic (exact) mass is 301 g/mol. The van der Waals surface area contributed by atoms with Gasteiger partial charge in [-0.15, -0.1) is 0 Å². The molecule has 1 fully saturated rings. The summed E-state index contributed by atoms with van der Waals surface area (Å²) in [4.78, 5) is 26.3. The highest BCUT2D eigenvalue weighted by Gasteiger charge is 2.32. The Hall–Kier alpha value is -1.87. The molecule has 0 aromatic heterocycles. The third kappa shape index (κ3) is 6.41. The minimum atomic E-state index is -0.947. The molecule has 1 unspecified atom stereocenters. The van der Waals surface area contributed by atoms with Crippen molar-refractivity contribution in [1.82, 2.24) is 5.32 Å². The van der Waals surface area contributed by atoms with E-state index in [1.807, 2.05) is 0 Å². The molecule has 1 aliphatic heterocycles. The maximum Gasteiger partial charge on any atom is 0.323 e. The largest absolute Gasteiger partial charge is 0.480 e. The van der Waals surface area contributed by atoms with E-state index in [0.29, 0.717) is 25.9 Å². The number of nitrogens with two attached hydrogens (primary N) is 3. The maximum absolute atomic E-state index is 11.8. The van der Waals surface area contributed by atoms with Gasteiger partial charge in [-0.1, -0.05) is 0 Å². The highest BCUT2D eigenvalue weighted by molar-refractivity contribution is 5.76. The Morgan fingerprint density at radius 3 is 2.67 bits per heavy atom. The summed E-state index contributed by atoms with van der Waals surface area (Å²) in [7, 11) is 0. The zero-order chi connectivity index (χ0) is 15.8. The van der Waals surface area contributed by atoms with Gasteiger partial charge >= 0.3 is 11.9 Å². The number of hydrogen-bond acceptors (Lipinski definition) is 6. The van der Waals surface area contributed by atoms with Crippen LogP contribution in [0.4, 0.5) is 0 Å². The second kappa shape index (κ2) is 8.42. The molecule has 9 nitrogen and oxygen atoms in total. The smallest absolute Gasteiger partial charge is 0.323 e. The number of esters is 1. The number of hydrogen-bond donors (Lipinski definition) is 5. The van der Waals surface area contributed by atoms with E-state index >= 15 is 0 Å². The van der Waals surface area contributed by atoms with Crippen LogP contribution in [0.25, 0.3) is 0 Å². The van der Waals surface area contributed by atoms with E-state index in [1.54, 1.807) is 0 Å². The van der Waals surface area contributed by atoms with E-state index in [2.05, 4.69) is 10.3 Å². The van der Waals surface area contributed by atoms with Gasteiger partial charge in [-0.05, 0) is 19.3 Å². The molecule has 1 rings (SSSR count). The molecule has 0 radical (unpaired) electrons. The summed E-state index contributed by atoms with van der Waals surface area (Å²) in [6, 6.07) is -1.38. The van der Waals surface area contributed by atoms with Crippen molar-refractivity contribution in [2.24, 2.45) is 22.2 Å². The van der Waals surface area contributed by atoms with E-state index < -0.39 is 30.1 Å². The molecule has 0 bridgehead atoms. The summed E-state index contributed by atoms with van der Waals surface area (Å²) >= 11 is 0. The van der Waals surface area contributed by atoms with Crippen molar-refractivity contribution in [3.63, 3.8) is 0 Å². The first-order chi connectivity index (χ1) is 9.90. The minimum Gasteiger partial charge on any atom is -0.480 e. The van der Waals surface area contributed by atoms with Gasteiger partial charge in [-0.2, -0.15) is 0 Å². The van der Waals surface area contributed by atoms with Crippen LogP contribution in [0.2, 0.25) is 0 Å². The molecule has 1 heterocycles. The second-order valence-electron chi connectivity index (χ2n) is 5.00. The van der Waals surface area contributed by atoms with Gasteiger partial charge < -0.3 is 32.4 Å². The SMILES string of the molecule is NC(N)=NCCCC[C@H](N)C(=O)OC1CN[C@H](C(=O)O)C1. The number of nitrogens with zero attached hydrogens (tertiary/aromatic N) is 1. The molecule has 8 N–H and O–H groups in total. The number of rotatable bonds is 8. The fourth-order valence-corrected chi connectivity index (χ4v) is 2.03. The predicted molar refractivity (Wildman–Crippen MR) is 76.4 cm³/mol. The van der Waals surface area contributed by atoms with Crippen molar-refractivity contribution >= 4 is 17.9 Å². The van der Waals surface area contributed by atoms with Crippen LogP contribution in [0.3, 0.4) is 0 Å². The number of ether oxygens (including phenoxy) is 1.